The van der Waals surface area contributed by atoms with Gasteiger partial charge in [-0.2, -0.15) is 0 Å². The number of benzene rings is 1. The molecule has 0 saturated carbocycles. The molecule has 1 aromatic carbocycles. The van der Waals surface area contributed by atoms with Crippen molar-refractivity contribution < 1.29 is 13.2 Å². The van der Waals surface area contributed by atoms with Gasteiger partial charge in [0.2, 0.25) is 0 Å². The van der Waals surface area contributed by atoms with Gasteiger partial charge >= 0.3 is 112 Å². The van der Waals surface area contributed by atoms with Crippen molar-refractivity contribution in [1.29, 1.82) is 0 Å². The van der Waals surface area contributed by atoms with Crippen molar-refractivity contribution in [3.63, 3.8) is 0 Å². The number of unbranched alkanes of at least 4 members (excludes halogenated alkanes) is 1. The topological polar surface area (TPSA) is 0 Å². The van der Waals surface area contributed by atoms with Gasteiger partial charge in [0.15, 0.2) is 0 Å². The van der Waals surface area contributed by atoms with Crippen molar-refractivity contribution in [3.05, 3.63) is 35.4 Å². The fraction of sp³-hybridized carbons (Fsp3) is 0.429. The first kappa shape index (κ1) is 15.1. The van der Waals surface area contributed by atoms with Gasteiger partial charge in [-0.15, -0.1) is 0 Å². The summed E-state index contributed by atoms with van der Waals surface area (Å²) in [5.74, 6) is 5.34. The second kappa shape index (κ2) is 7.51. The second-order valence-corrected chi connectivity index (χ2v) is 6.02. The average Bonchev–Trinajstić information content (AvgIpc) is 2.32. The number of rotatable bonds is 4. The number of hydrogen-bond donors (Lipinski definition) is 0. The van der Waals surface area contributed by atoms with E-state index in [-0.39, 0.29) is 5.32 Å². The molecule has 4 heteroatoms. The van der Waals surface area contributed by atoms with Crippen molar-refractivity contribution >= 4 is 15.0 Å². The minimum atomic E-state index is -4.05. The SMILES string of the molecule is CCCCc1ccc(C#CC[Se]C(F)(F)F)cc1. The fourth-order valence-electron chi connectivity index (χ4n) is 1.39. The fourth-order valence-corrected chi connectivity index (χ4v) is 2.04. The van der Waals surface area contributed by atoms with Crippen LogP contribution in [0, 0.1) is 11.8 Å². The van der Waals surface area contributed by atoms with Crippen LogP contribution in [0.3, 0.4) is 0 Å². The number of aryl methyl sites for hydroxylation is 1. The van der Waals surface area contributed by atoms with E-state index in [1.807, 2.05) is 24.3 Å². The molecule has 0 bridgehead atoms. The minimum absolute atomic E-state index is 0.0753. The Morgan fingerprint density at radius 3 is 2.39 bits per heavy atom. The molecule has 0 unspecified atom stereocenters. The Bertz CT molecular complexity index is 409. The Kier molecular flexibility index (Phi) is 6.32. The Balaban J connectivity index is 2.46. The predicted molar refractivity (Wildman–Crippen MR) is 68.5 cm³/mol. The summed E-state index contributed by atoms with van der Waals surface area (Å²) in [5, 5.41) is -4.13. The van der Waals surface area contributed by atoms with E-state index in [1.54, 1.807) is 0 Å². The van der Waals surface area contributed by atoms with Gasteiger partial charge in [0, 0.05) is 0 Å². The van der Waals surface area contributed by atoms with Gasteiger partial charge < -0.3 is 0 Å². The van der Waals surface area contributed by atoms with Crippen LogP contribution in [0.4, 0.5) is 13.2 Å². The molecule has 0 aliphatic heterocycles. The van der Waals surface area contributed by atoms with Crippen molar-refractivity contribution in [3.8, 4) is 11.8 Å². The van der Waals surface area contributed by atoms with Crippen LogP contribution in [-0.2, 0) is 6.42 Å². The summed E-state index contributed by atoms with van der Waals surface area (Å²) in [7, 11) is 0. The molecule has 18 heavy (non-hydrogen) atoms. The second-order valence-electron chi connectivity index (χ2n) is 3.84. The quantitative estimate of drug-likeness (QED) is 0.581. The Labute approximate surface area is 112 Å². The standard InChI is InChI=1S/C14H15F3Se/c1-2-3-5-12-7-9-13(10-8-12)6-4-11-18-14(15,16)17/h7-10H,2-3,5,11H2,1H3. The van der Waals surface area contributed by atoms with E-state index < -0.39 is 20.0 Å². The van der Waals surface area contributed by atoms with E-state index in [0.717, 1.165) is 24.8 Å². The van der Waals surface area contributed by atoms with E-state index in [4.69, 9.17) is 0 Å². The monoisotopic (exact) mass is 320 g/mol. The Morgan fingerprint density at radius 2 is 1.83 bits per heavy atom. The summed E-state index contributed by atoms with van der Waals surface area (Å²) in [6, 6.07) is 7.74. The van der Waals surface area contributed by atoms with Crippen LogP contribution in [0.5, 0.6) is 0 Å². The van der Waals surface area contributed by atoms with Crippen LogP contribution in [-0.4, -0.2) is 20.0 Å². The van der Waals surface area contributed by atoms with Crippen molar-refractivity contribution in [2.24, 2.45) is 0 Å². The van der Waals surface area contributed by atoms with E-state index in [2.05, 4.69) is 18.8 Å². The van der Waals surface area contributed by atoms with Crippen LogP contribution in [0.15, 0.2) is 24.3 Å². The molecule has 1 aromatic rings. The van der Waals surface area contributed by atoms with Crippen LogP contribution in [0.25, 0.3) is 0 Å². The molecule has 0 N–H and O–H groups in total. The van der Waals surface area contributed by atoms with Gasteiger partial charge in [0.25, 0.3) is 0 Å². The summed E-state index contributed by atoms with van der Waals surface area (Å²) < 4.78 is 35.7. The van der Waals surface area contributed by atoms with E-state index in [1.165, 1.54) is 5.56 Å². The summed E-state index contributed by atoms with van der Waals surface area (Å²) >= 11 is -1.39. The molecule has 0 aromatic heterocycles. The third-order valence-electron chi connectivity index (χ3n) is 2.31. The first-order chi connectivity index (χ1) is 8.51. The zero-order valence-electron chi connectivity index (χ0n) is 10.2. The van der Waals surface area contributed by atoms with E-state index >= 15 is 0 Å². The van der Waals surface area contributed by atoms with E-state index in [0.29, 0.717) is 0 Å². The van der Waals surface area contributed by atoms with Gasteiger partial charge in [0.1, 0.15) is 0 Å². The molecular weight excluding hydrogens is 304 g/mol. The van der Waals surface area contributed by atoms with Crippen LogP contribution in [0.2, 0.25) is 5.32 Å². The molecule has 0 aliphatic carbocycles. The first-order valence-corrected chi connectivity index (χ1v) is 7.86. The van der Waals surface area contributed by atoms with Crippen LogP contribution in [0.1, 0.15) is 30.9 Å². The summed E-state index contributed by atoms with van der Waals surface area (Å²) in [6.45, 7) is 2.14. The molecule has 0 fully saturated rings. The zero-order chi connectivity index (χ0) is 13.4. The third kappa shape index (κ3) is 6.73. The molecule has 0 amide bonds. The number of halogens is 3. The van der Waals surface area contributed by atoms with Crippen molar-refractivity contribution in [2.45, 2.75) is 36.6 Å². The Morgan fingerprint density at radius 1 is 1.17 bits per heavy atom. The van der Waals surface area contributed by atoms with Gasteiger partial charge in [-0.1, -0.05) is 0 Å². The molecular formula is C14H15F3Se. The van der Waals surface area contributed by atoms with E-state index in [9.17, 15) is 13.2 Å². The Hall–Kier alpha value is -0.911. The summed E-state index contributed by atoms with van der Waals surface area (Å²) in [6.07, 6.45) is 3.35. The molecule has 0 heterocycles. The average molecular weight is 319 g/mol. The summed E-state index contributed by atoms with van der Waals surface area (Å²) in [5.41, 5.74) is 2.04. The van der Waals surface area contributed by atoms with Gasteiger partial charge in [-0.3, -0.25) is 0 Å². The molecule has 0 nitrogen and oxygen atoms in total. The summed E-state index contributed by atoms with van der Waals surface area (Å²) in [4.78, 5) is 0. The first-order valence-electron chi connectivity index (χ1n) is 5.80. The van der Waals surface area contributed by atoms with Crippen LogP contribution < -0.4 is 0 Å². The van der Waals surface area contributed by atoms with Gasteiger partial charge in [-0.05, 0) is 0 Å². The van der Waals surface area contributed by atoms with Gasteiger partial charge in [0.05, 0.1) is 0 Å². The molecule has 1 rings (SSSR count). The van der Waals surface area contributed by atoms with Gasteiger partial charge in [-0.25, -0.2) is 0 Å². The maximum atomic E-state index is 11.9. The van der Waals surface area contributed by atoms with Crippen LogP contribution >= 0.6 is 0 Å². The number of hydrogen-bond acceptors (Lipinski definition) is 0. The molecule has 98 valence electrons. The van der Waals surface area contributed by atoms with Crippen molar-refractivity contribution in [1.82, 2.24) is 0 Å². The van der Waals surface area contributed by atoms with Crippen molar-refractivity contribution in [2.75, 3.05) is 0 Å². The molecule has 0 aliphatic rings. The maximum absolute atomic E-state index is 11.9. The molecule has 0 radical (unpaired) electrons. The molecule has 0 spiro atoms. The normalized spacial score (nSPS) is 10.9. The zero-order valence-corrected chi connectivity index (χ0v) is 11.9. The molecule has 0 saturated heterocycles. The molecule has 0 atom stereocenters. The predicted octanol–water partition coefficient (Wildman–Crippen LogP) is 4.02. The third-order valence-corrected chi connectivity index (χ3v) is 3.61. The number of alkyl halides is 3.